The smallest absolute Gasteiger partial charge is 0.245 e. The number of amides is 1. The normalized spacial score (nSPS) is 9.73. The van der Waals surface area contributed by atoms with Gasteiger partial charge in [0.05, 0.1) is 0 Å². The lowest BCUT2D eigenvalue weighted by molar-refractivity contribution is -0.123. The number of hydrogen-bond acceptors (Lipinski definition) is 3. The minimum atomic E-state index is -0.461. The molecule has 0 aliphatic heterocycles. The Morgan fingerprint density at radius 2 is 2.20 bits per heavy atom. The van der Waals surface area contributed by atoms with Crippen LogP contribution >= 0.6 is 15.9 Å². The molecule has 3 N–H and O–H groups in total. The van der Waals surface area contributed by atoms with Crippen LogP contribution in [-0.2, 0) is 4.79 Å². The van der Waals surface area contributed by atoms with Crippen LogP contribution in [0.3, 0.4) is 0 Å². The number of aliphatic hydroxyl groups excluding tert-OH is 1. The van der Waals surface area contributed by atoms with Gasteiger partial charge >= 0.3 is 0 Å². The van der Waals surface area contributed by atoms with E-state index in [1.165, 1.54) is 0 Å². The van der Waals surface area contributed by atoms with Crippen LogP contribution in [-0.4, -0.2) is 30.7 Å². The molecule has 0 saturated heterocycles. The summed E-state index contributed by atoms with van der Waals surface area (Å²) in [6, 6.07) is 7.77. The number of hydrogen-bond donors (Lipinski definition) is 3. The second kappa shape index (κ2) is 6.42. The Balaban J connectivity index is 2.23. The first-order valence-electron chi connectivity index (χ1n) is 4.59. The van der Waals surface area contributed by atoms with E-state index in [0.717, 1.165) is 10.2 Å². The van der Waals surface area contributed by atoms with Crippen LogP contribution in [0.4, 0.5) is 5.69 Å². The summed E-state index contributed by atoms with van der Waals surface area (Å²) in [7, 11) is 0. The number of aliphatic hydroxyl groups is 1. The highest BCUT2D eigenvalue weighted by atomic mass is 79.9. The molecule has 4 nitrogen and oxygen atoms in total. The van der Waals surface area contributed by atoms with Crippen LogP contribution in [0.25, 0.3) is 0 Å². The molecule has 0 spiro atoms. The van der Waals surface area contributed by atoms with Crippen LogP contribution < -0.4 is 10.6 Å². The van der Waals surface area contributed by atoms with Crippen molar-refractivity contribution >= 4 is 27.5 Å². The fraction of sp³-hybridized carbons (Fsp3) is 0.300. The Morgan fingerprint density at radius 3 is 2.87 bits per heavy atom. The predicted molar refractivity (Wildman–Crippen MR) is 62.7 cm³/mol. The van der Waals surface area contributed by atoms with Gasteiger partial charge < -0.3 is 15.7 Å². The van der Waals surface area contributed by atoms with E-state index in [1.807, 2.05) is 24.3 Å². The lowest BCUT2D eigenvalue weighted by atomic mass is 10.3. The van der Waals surface area contributed by atoms with Gasteiger partial charge in [-0.05, 0) is 18.2 Å². The van der Waals surface area contributed by atoms with Gasteiger partial charge in [-0.3, -0.25) is 4.79 Å². The first kappa shape index (κ1) is 12.0. The zero-order valence-corrected chi connectivity index (χ0v) is 9.75. The molecule has 0 fully saturated rings. The Labute approximate surface area is 96.8 Å². The highest BCUT2D eigenvalue weighted by molar-refractivity contribution is 9.10. The van der Waals surface area contributed by atoms with Crippen LogP contribution in [0.15, 0.2) is 28.7 Å². The molecule has 0 aromatic heterocycles. The molecular formula is C10H13BrN2O2. The minimum absolute atomic E-state index is 0.356. The summed E-state index contributed by atoms with van der Waals surface area (Å²) in [5, 5.41) is 14.1. The molecule has 0 aliphatic rings. The number of nitrogens with one attached hydrogen (secondary N) is 2. The third kappa shape index (κ3) is 4.80. The largest absolute Gasteiger partial charge is 0.387 e. The number of benzene rings is 1. The van der Waals surface area contributed by atoms with Gasteiger partial charge in [-0.25, -0.2) is 0 Å². The van der Waals surface area contributed by atoms with E-state index in [0.29, 0.717) is 13.1 Å². The summed E-state index contributed by atoms with van der Waals surface area (Å²) in [5.41, 5.74) is 0.989. The van der Waals surface area contributed by atoms with Gasteiger partial charge in [0.2, 0.25) is 5.91 Å². The maximum atomic E-state index is 10.7. The highest BCUT2D eigenvalue weighted by Crippen LogP contribution is 2.14. The molecule has 0 bridgehead atoms. The van der Waals surface area contributed by atoms with Crippen LogP contribution in [0, 0.1) is 0 Å². The van der Waals surface area contributed by atoms with E-state index in [4.69, 9.17) is 5.11 Å². The zero-order chi connectivity index (χ0) is 11.1. The quantitative estimate of drug-likeness (QED) is 0.700. The third-order valence-corrected chi connectivity index (χ3v) is 2.24. The van der Waals surface area contributed by atoms with Gasteiger partial charge in [-0.2, -0.15) is 0 Å². The molecular weight excluding hydrogens is 260 g/mol. The van der Waals surface area contributed by atoms with Crippen molar-refractivity contribution in [3.8, 4) is 0 Å². The SMILES string of the molecule is O=C(CO)NCCNc1cccc(Br)c1. The minimum Gasteiger partial charge on any atom is -0.387 e. The fourth-order valence-electron chi connectivity index (χ4n) is 1.06. The summed E-state index contributed by atoms with van der Waals surface area (Å²) in [5.74, 6) is -0.356. The van der Waals surface area contributed by atoms with Gasteiger partial charge in [0.1, 0.15) is 6.61 Å². The molecule has 82 valence electrons. The highest BCUT2D eigenvalue weighted by Gasteiger charge is 1.96. The van der Waals surface area contributed by atoms with E-state index >= 15 is 0 Å². The first-order chi connectivity index (χ1) is 7.22. The number of halogens is 1. The molecule has 0 atom stereocenters. The van der Waals surface area contributed by atoms with Crippen molar-refractivity contribution in [1.82, 2.24) is 5.32 Å². The summed E-state index contributed by atoms with van der Waals surface area (Å²) in [6.07, 6.45) is 0. The molecule has 1 aromatic rings. The Morgan fingerprint density at radius 1 is 1.40 bits per heavy atom. The maximum Gasteiger partial charge on any atom is 0.245 e. The molecule has 5 heteroatoms. The lowest BCUT2D eigenvalue weighted by Crippen LogP contribution is -2.30. The molecule has 0 saturated carbocycles. The van der Waals surface area contributed by atoms with E-state index in [2.05, 4.69) is 26.6 Å². The fourth-order valence-corrected chi connectivity index (χ4v) is 1.46. The Hall–Kier alpha value is -1.07. The second-order valence-electron chi connectivity index (χ2n) is 2.95. The van der Waals surface area contributed by atoms with Crippen molar-refractivity contribution < 1.29 is 9.90 Å². The number of rotatable bonds is 5. The van der Waals surface area contributed by atoms with Crippen molar-refractivity contribution in [2.24, 2.45) is 0 Å². The van der Waals surface area contributed by atoms with Gasteiger partial charge in [-0.15, -0.1) is 0 Å². The monoisotopic (exact) mass is 272 g/mol. The third-order valence-electron chi connectivity index (χ3n) is 1.74. The Kier molecular flexibility index (Phi) is 5.14. The zero-order valence-electron chi connectivity index (χ0n) is 8.16. The molecule has 1 aromatic carbocycles. The molecule has 15 heavy (non-hydrogen) atoms. The van der Waals surface area contributed by atoms with Crippen molar-refractivity contribution in [2.45, 2.75) is 0 Å². The molecule has 0 radical (unpaired) electrons. The average Bonchev–Trinajstić information content (AvgIpc) is 2.24. The molecule has 0 aliphatic carbocycles. The van der Waals surface area contributed by atoms with Crippen LogP contribution in [0.2, 0.25) is 0 Å². The van der Waals surface area contributed by atoms with Gasteiger partial charge in [0.25, 0.3) is 0 Å². The second-order valence-corrected chi connectivity index (χ2v) is 3.86. The number of anilines is 1. The van der Waals surface area contributed by atoms with Crippen molar-refractivity contribution in [3.05, 3.63) is 28.7 Å². The number of carbonyl (C=O) groups is 1. The number of carbonyl (C=O) groups excluding carboxylic acids is 1. The maximum absolute atomic E-state index is 10.7. The van der Waals surface area contributed by atoms with E-state index in [1.54, 1.807) is 0 Å². The molecule has 1 amide bonds. The van der Waals surface area contributed by atoms with Gasteiger partial charge in [0.15, 0.2) is 0 Å². The summed E-state index contributed by atoms with van der Waals surface area (Å²) in [4.78, 5) is 10.7. The summed E-state index contributed by atoms with van der Waals surface area (Å²) < 4.78 is 1.01. The van der Waals surface area contributed by atoms with Crippen molar-refractivity contribution in [3.63, 3.8) is 0 Å². The van der Waals surface area contributed by atoms with Gasteiger partial charge in [-0.1, -0.05) is 22.0 Å². The van der Waals surface area contributed by atoms with E-state index in [-0.39, 0.29) is 5.91 Å². The van der Waals surface area contributed by atoms with Gasteiger partial charge in [0, 0.05) is 23.2 Å². The summed E-state index contributed by atoms with van der Waals surface area (Å²) >= 11 is 3.36. The Bertz CT molecular complexity index is 331. The van der Waals surface area contributed by atoms with Crippen LogP contribution in [0.1, 0.15) is 0 Å². The molecule has 0 heterocycles. The van der Waals surface area contributed by atoms with Crippen molar-refractivity contribution in [1.29, 1.82) is 0 Å². The van der Waals surface area contributed by atoms with E-state index < -0.39 is 6.61 Å². The lowest BCUT2D eigenvalue weighted by Gasteiger charge is -2.07. The first-order valence-corrected chi connectivity index (χ1v) is 5.38. The molecule has 0 unspecified atom stereocenters. The van der Waals surface area contributed by atoms with Crippen LogP contribution in [0.5, 0.6) is 0 Å². The van der Waals surface area contributed by atoms with E-state index in [9.17, 15) is 4.79 Å². The standard InChI is InChI=1S/C10H13BrN2O2/c11-8-2-1-3-9(6-8)12-4-5-13-10(15)7-14/h1-3,6,12,14H,4-5,7H2,(H,13,15). The average molecular weight is 273 g/mol. The topological polar surface area (TPSA) is 61.4 Å². The summed E-state index contributed by atoms with van der Waals surface area (Å²) in [6.45, 7) is 0.658. The predicted octanol–water partition coefficient (Wildman–Crippen LogP) is 0.969. The van der Waals surface area contributed by atoms with Crippen molar-refractivity contribution in [2.75, 3.05) is 25.0 Å². The molecule has 1 rings (SSSR count).